The van der Waals surface area contributed by atoms with Gasteiger partial charge in [0.2, 0.25) is 0 Å². The number of amidine groups is 1. The van der Waals surface area contributed by atoms with E-state index in [1.807, 2.05) is 30.3 Å². The number of thioether (sulfide) groups is 1. The predicted molar refractivity (Wildman–Crippen MR) is 108 cm³/mol. The summed E-state index contributed by atoms with van der Waals surface area (Å²) in [5.74, 6) is 0.945. The monoisotopic (exact) mass is 378 g/mol. The number of rotatable bonds is 2. The maximum atomic E-state index is 12.3. The molecule has 1 atom stereocenters. The molecule has 3 aliphatic rings. The first-order chi connectivity index (χ1) is 13.2. The highest BCUT2D eigenvalue weighted by molar-refractivity contribution is 7.99. The van der Waals surface area contributed by atoms with Gasteiger partial charge in [-0.15, -0.1) is 11.8 Å². The predicted octanol–water partition coefficient (Wildman–Crippen LogP) is 3.75. The number of ether oxygens (including phenoxy) is 1. The Balaban J connectivity index is 1.25. The van der Waals surface area contributed by atoms with Gasteiger partial charge in [-0.3, -0.25) is 4.79 Å². The molecule has 2 aromatic carbocycles. The van der Waals surface area contributed by atoms with Crippen LogP contribution in [-0.2, 0) is 26.5 Å². The highest BCUT2D eigenvalue weighted by Gasteiger charge is 2.43. The minimum Gasteiger partial charge on any atom is -0.451 e. The second-order valence-corrected chi connectivity index (χ2v) is 8.81. The van der Waals surface area contributed by atoms with Crippen molar-refractivity contribution in [1.82, 2.24) is 4.90 Å². The Morgan fingerprint density at radius 1 is 1.07 bits per heavy atom. The second-order valence-electron chi connectivity index (χ2n) is 7.46. The number of aliphatic imine (C=N–C) groups is 1. The van der Waals surface area contributed by atoms with Crippen molar-refractivity contribution in [3.63, 3.8) is 0 Å². The van der Waals surface area contributed by atoms with Gasteiger partial charge in [-0.2, -0.15) is 4.99 Å². The van der Waals surface area contributed by atoms with E-state index >= 15 is 0 Å². The van der Waals surface area contributed by atoms with Crippen LogP contribution in [0.1, 0.15) is 29.5 Å². The van der Waals surface area contributed by atoms with E-state index in [1.54, 1.807) is 0 Å². The maximum Gasteiger partial charge on any atom is 0.296 e. The summed E-state index contributed by atoms with van der Waals surface area (Å²) in [4.78, 5) is 18.7. The molecule has 0 bridgehead atoms. The molecule has 4 nitrogen and oxygen atoms in total. The highest BCUT2D eigenvalue weighted by atomic mass is 32.2. The zero-order valence-electron chi connectivity index (χ0n) is 15.1. The van der Waals surface area contributed by atoms with Gasteiger partial charge in [-0.1, -0.05) is 54.6 Å². The Morgan fingerprint density at radius 3 is 2.63 bits per heavy atom. The Morgan fingerprint density at radius 2 is 1.81 bits per heavy atom. The summed E-state index contributed by atoms with van der Waals surface area (Å²) < 4.78 is 6.18. The molecule has 0 aliphatic carbocycles. The molecule has 5 heteroatoms. The number of carbonyl (C=O) groups is 1. The SMILES string of the molecule is O=C1N=C(N2CCC3(CC2)SCc2ccccc23)OC1Cc1ccccc1. The molecule has 0 saturated carbocycles. The summed E-state index contributed by atoms with van der Waals surface area (Å²) in [6.45, 7) is 1.76. The van der Waals surface area contributed by atoms with E-state index in [-0.39, 0.29) is 10.7 Å². The van der Waals surface area contributed by atoms with Crippen LogP contribution in [0.4, 0.5) is 0 Å². The zero-order chi connectivity index (χ0) is 18.3. The van der Waals surface area contributed by atoms with Gasteiger partial charge in [0.1, 0.15) is 0 Å². The standard InChI is InChI=1S/C22H22N2O2S/c25-20-19(14-16-6-2-1-3-7-16)26-21(23-20)24-12-10-22(11-13-24)18-9-5-4-8-17(18)15-27-22/h1-9,19H,10-15H2. The van der Waals surface area contributed by atoms with Crippen molar-refractivity contribution < 1.29 is 9.53 Å². The Kier molecular flexibility index (Phi) is 4.20. The molecule has 3 heterocycles. The lowest BCUT2D eigenvalue weighted by Crippen LogP contribution is -2.43. The number of likely N-dealkylation sites (tertiary alicyclic amines) is 1. The van der Waals surface area contributed by atoms with Crippen molar-refractivity contribution in [2.24, 2.45) is 4.99 Å². The Bertz CT molecular complexity index is 888. The maximum absolute atomic E-state index is 12.3. The zero-order valence-corrected chi connectivity index (χ0v) is 16.0. The first-order valence-corrected chi connectivity index (χ1v) is 10.5. The first-order valence-electron chi connectivity index (χ1n) is 9.54. The third-order valence-corrected chi connectivity index (χ3v) is 7.48. The molecule has 0 N–H and O–H groups in total. The molecular weight excluding hydrogens is 356 g/mol. The molecule has 27 heavy (non-hydrogen) atoms. The Hall–Kier alpha value is -2.27. The van der Waals surface area contributed by atoms with Gasteiger partial charge < -0.3 is 9.64 Å². The second kappa shape index (κ2) is 6.71. The molecule has 1 spiro atoms. The first kappa shape index (κ1) is 16.9. The van der Waals surface area contributed by atoms with Crippen molar-refractivity contribution in [3.05, 3.63) is 71.3 Å². The van der Waals surface area contributed by atoms with Crippen LogP contribution < -0.4 is 0 Å². The summed E-state index contributed by atoms with van der Waals surface area (Å²) in [6, 6.07) is 19.3. The summed E-state index contributed by atoms with van der Waals surface area (Å²) >= 11 is 2.07. The van der Waals surface area contributed by atoms with Crippen molar-refractivity contribution in [3.8, 4) is 0 Å². The third-order valence-electron chi connectivity index (χ3n) is 5.85. The quantitative estimate of drug-likeness (QED) is 0.798. The number of fused-ring (bicyclic) bond motifs is 2. The van der Waals surface area contributed by atoms with E-state index in [0.29, 0.717) is 12.4 Å². The Labute approximate surface area is 163 Å². The third kappa shape index (κ3) is 3.04. The van der Waals surface area contributed by atoms with E-state index in [1.165, 1.54) is 11.1 Å². The number of piperidine rings is 1. The molecular formula is C22H22N2O2S. The number of hydrogen-bond donors (Lipinski definition) is 0. The van der Waals surface area contributed by atoms with Crippen LogP contribution in [-0.4, -0.2) is 36.0 Å². The summed E-state index contributed by atoms with van der Waals surface area (Å²) in [5, 5.41) is 0. The number of amides is 1. The number of carbonyl (C=O) groups excluding carboxylic acids is 1. The highest BCUT2D eigenvalue weighted by Crippen LogP contribution is 2.53. The lowest BCUT2D eigenvalue weighted by molar-refractivity contribution is -0.122. The van der Waals surface area contributed by atoms with E-state index in [2.05, 4.69) is 45.9 Å². The molecule has 1 saturated heterocycles. The van der Waals surface area contributed by atoms with E-state index in [9.17, 15) is 4.79 Å². The van der Waals surface area contributed by atoms with Crippen LogP contribution in [0.25, 0.3) is 0 Å². The average molecular weight is 378 g/mol. The smallest absolute Gasteiger partial charge is 0.296 e. The van der Waals surface area contributed by atoms with Gasteiger partial charge in [0.05, 0.1) is 0 Å². The lowest BCUT2D eigenvalue weighted by atomic mass is 9.86. The summed E-state index contributed by atoms with van der Waals surface area (Å²) in [7, 11) is 0. The molecule has 1 fully saturated rings. The van der Waals surface area contributed by atoms with Crippen LogP contribution in [0.5, 0.6) is 0 Å². The summed E-state index contributed by atoms with van der Waals surface area (Å²) in [6.07, 6.45) is 2.22. The van der Waals surface area contributed by atoms with Crippen LogP contribution in [0, 0.1) is 0 Å². The number of nitrogens with zero attached hydrogens (tertiary/aromatic N) is 2. The largest absolute Gasteiger partial charge is 0.451 e. The molecule has 1 amide bonds. The fourth-order valence-corrected chi connectivity index (χ4v) is 5.84. The minimum atomic E-state index is -0.486. The van der Waals surface area contributed by atoms with Crippen LogP contribution in [0.2, 0.25) is 0 Å². The summed E-state index contributed by atoms with van der Waals surface area (Å²) in [5.41, 5.74) is 4.08. The molecule has 3 aliphatic heterocycles. The van der Waals surface area contributed by atoms with E-state index < -0.39 is 6.10 Å². The minimum absolute atomic E-state index is 0.158. The van der Waals surface area contributed by atoms with Crippen LogP contribution in [0.3, 0.4) is 0 Å². The molecule has 2 aromatic rings. The molecule has 0 radical (unpaired) electrons. The fourth-order valence-electron chi connectivity index (χ4n) is 4.33. The lowest BCUT2D eigenvalue weighted by Gasteiger charge is -2.39. The topological polar surface area (TPSA) is 41.9 Å². The normalized spacial score (nSPS) is 23.3. The molecule has 0 aromatic heterocycles. The van der Waals surface area contributed by atoms with E-state index in [4.69, 9.17) is 4.74 Å². The van der Waals surface area contributed by atoms with Gasteiger partial charge in [0, 0.05) is 30.0 Å². The van der Waals surface area contributed by atoms with Crippen molar-refractivity contribution >= 4 is 23.7 Å². The number of hydrogen-bond acceptors (Lipinski definition) is 4. The number of benzene rings is 2. The van der Waals surface area contributed by atoms with E-state index in [0.717, 1.165) is 37.2 Å². The van der Waals surface area contributed by atoms with Crippen LogP contribution in [0.15, 0.2) is 59.6 Å². The molecule has 1 unspecified atom stereocenters. The van der Waals surface area contributed by atoms with Crippen molar-refractivity contribution in [2.45, 2.75) is 35.9 Å². The fraction of sp³-hybridized carbons (Fsp3) is 0.364. The van der Waals surface area contributed by atoms with Gasteiger partial charge in [-0.05, 0) is 29.5 Å². The molecule has 5 rings (SSSR count). The van der Waals surface area contributed by atoms with Gasteiger partial charge in [0.25, 0.3) is 11.9 Å². The van der Waals surface area contributed by atoms with Crippen LogP contribution >= 0.6 is 11.8 Å². The average Bonchev–Trinajstić information content (AvgIpc) is 3.25. The van der Waals surface area contributed by atoms with Gasteiger partial charge in [-0.25, -0.2) is 0 Å². The van der Waals surface area contributed by atoms with Gasteiger partial charge in [0.15, 0.2) is 6.10 Å². The van der Waals surface area contributed by atoms with Crippen molar-refractivity contribution in [1.29, 1.82) is 0 Å². The van der Waals surface area contributed by atoms with Crippen molar-refractivity contribution in [2.75, 3.05) is 13.1 Å². The molecule has 138 valence electrons. The van der Waals surface area contributed by atoms with Gasteiger partial charge >= 0.3 is 0 Å².